The van der Waals surface area contributed by atoms with Gasteiger partial charge < -0.3 is 10.2 Å². The molecule has 13 heteroatoms. The van der Waals surface area contributed by atoms with Crippen LogP contribution >= 0.6 is 0 Å². The number of benzene rings is 1. The van der Waals surface area contributed by atoms with Gasteiger partial charge in [-0.05, 0) is 18.2 Å². The van der Waals surface area contributed by atoms with Crippen molar-refractivity contribution in [1.29, 1.82) is 0 Å². The molecule has 2 heterocycles. The second-order valence-corrected chi connectivity index (χ2v) is 8.24. The van der Waals surface area contributed by atoms with Crippen LogP contribution in [0.15, 0.2) is 53.6 Å². The van der Waals surface area contributed by atoms with E-state index in [1.54, 1.807) is 6.20 Å². The molecule has 2 N–H and O–H groups in total. The van der Waals surface area contributed by atoms with Crippen molar-refractivity contribution in [3.8, 4) is 0 Å². The van der Waals surface area contributed by atoms with E-state index in [0.29, 0.717) is 32.7 Å². The number of nitro groups is 1. The number of hydrogen-bond donors (Lipinski definition) is 2. The molecule has 0 bridgehead atoms. The fraction of sp³-hybridized carbons (Fsp3) is 0.278. The van der Waals surface area contributed by atoms with Crippen LogP contribution in [0, 0.1) is 10.1 Å². The summed E-state index contributed by atoms with van der Waals surface area (Å²) in [4.78, 5) is 34.8. The summed E-state index contributed by atoms with van der Waals surface area (Å²) in [6, 6.07) is 11.1. The normalized spacial score (nSPS) is 14.8. The van der Waals surface area contributed by atoms with E-state index in [9.17, 15) is 18.5 Å². The molecule has 1 fully saturated rings. The zero-order valence-corrected chi connectivity index (χ0v) is 17.0. The highest BCUT2D eigenvalue weighted by Crippen LogP contribution is 2.27. The van der Waals surface area contributed by atoms with E-state index in [2.05, 4.69) is 9.88 Å². The lowest BCUT2D eigenvalue weighted by molar-refractivity contribution is -0.387. The summed E-state index contributed by atoms with van der Waals surface area (Å²) in [5.41, 5.74) is 0.538. The summed E-state index contributed by atoms with van der Waals surface area (Å²) in [6.45, 7) is 2.34. The first kappa shape index (κ1) is 23.9. The van der Waals surface area contributed by atoms with Crippen LogP contribution in [0.3, 0.4) is 0 Å². The van der Waals surface area contributed by atoms with Gasteiger partial charge in [-0.3, -0.25) is 20.0 Å². The average molecular weight is 452 g/mol. The van der Waals surface area contributed by atoms with Gasteiger partial charge in [0, 0.05) is 45.0 Å². The maximum Gasteiger partial charge on any atom is 0.414 e. The number of nitrogens with zero attached hydrogens (tertiary/aromatic N) is 4. The van der Waals surface area contributed by atoms with Gasteiger partial charge in [0.25, 0.3) is 5.69 Å². The quantitative estimate of drug-likeness (QED) is 0.373. The Kier molecular flexibility index (Phi) is 8.13. The molecular weight excluding hydrogens is 432 g/mol. The van der Waals surface area contributed by atoms with Crippen molar-refractivity contribution in [1.82, 2.24) is 14.2 Å². The van der Waals surface area contributed by atoms with Gasteiger partial charge in [0.15, 0.2) is 4.90 Å². The first-order valence-electron chi connectivity index (χ1n) is 8.95. The smallest absolute Gasteiger partial charge is 0.414 e. The lowest BCUT2D eigenvalue weighted by Gasteiger charge is -2.33. The maximum atomic E-state index is 12.8. The molecule has 0 aliphatic carbocycles. The topological polar surface area (TPSA) is 171 Å². The number of para-hydroxylation sites is 1. The molecule has 3 rings (SSSR count). The van der Waals surface area contributed by atoms with E-state index in [0.717, 1.165) is 5.69 Å². The number of carbonyl (C=O) groups is 2. The van der Waals surface area contributed by atoms with Crippen LogP contribution in [0.4, 0.5) is 5.69 Å². The van der Waals surface area contributed by atoms with Gasteiger partial charge in [-0.15, -0.1) is 0 Å². The fourth-order valence-corrected chi connectivity index (χ4v) is 4.39. The van der Waals surface area contributed by atoms with Crippen LogP contribution in [0.25, 0.3) is 0 Å². The van der Waals surface area contributed by atoms with Crippen molar-refractivity contribution >= 4 is 27.6 Å². The lowest BCUT2D eigenvalue weighted by Crippen LogP contribution is -2.48. The summed E-state index contributed by atoms with van der Waals surface area (Å²) in [7, 11) is -3.88. The first-order valence-corrected chi connectivity index (χ1v) is 10.4. The van der Waals surface area contributed by atoms with Gasteiger partial charge in [-0.25, -0.2) is 18.0 Å². The molecule has 1 aromatic heterocycles. The summed E-state index contributed by atoms with van der Waals surface area (Å²) in [5, 5.41) is 25.9. The summed E-state index contributed by atoms with van der Waals surface area (Å²) in [6.07, 6.45) is 1.73. The largest absolute Gasteiger partial charge is 0.473 e. The van der Waals surface area contributed by atoms with Crippen molar-refractivity contribution in [3.05, 3.63) is 64.5 Å². The molecule has 1 aromatic carbocycles. The summed E-state index contributed by atoms with van der Waals surface area (Å²) >= 11 is 0. The van der Waals surface area contributed by atoms with Crippen LogP contribution in [-0.2, 0) is 26.2 Å². The Labute approximate surface area is 177 Å². The van der Waals surface area contributed by atoms with Gasteiger partial charge in [0.1, 0.15) is 0 Å². The van der Waals surface area contributed by atoms with Crippen LogP contribution in [0.2, 0.25) is 0 Å². The van der Waals surface area contributed by atoms with Gasteiger partial charge in [0.2, 0.25) is 10.0 Å². The Hall–Kier alpha value is -3.42. The molecule has 1 aliphatic heterocycles. The molecule has 0 saturated carbocycles. The molecule has 0 amide bonds. The molecule has 0 atom stereocenters. The first-order chi connectivity index (χ1) is 14.6. The van der Waals surface area contributed by atoms with E-state index in [-0.39, 0.29) is 4.90 Å². The van der Waals surface area contributed by atoms with Crippen molar-refractivity contribution in [2.45, 2.75) is 11.4 Å². The Bertz CT molecular complexity index is 1030. The average Bonchev–Trinajstić information content (AvgIpc) is 2.75. The highest BCUT2D eigenvalue weighted by atomic mass is 32.2. The number of carboxylic acid groups (broad SMARTS) is 2. The van der Waals surface area contributed by atoms with Crippen LogP contribution in [0.5, 0.6) is 0 Å². The number of sulfonamides is 1. The standard InChI is InChI=1S/C16H18N4O4S.C2H2O4/c21-20(22)15-6-1-2-7-16(15)25(23,24)19-11-9-18(10-12-19)13-14-5-3-4-8-17-14;3-1(4)2(5)6/h1-8H,9-13H2;(H,3,4)(H,5,6). The maximum absolute atomic E-state index is 12.8. The molecule has 1 aliphatic rings. The molecule has 166 valence electrons. The van der Waals surface area contributed by atoms with Crippen molar-refractivity contribution in [3.63, 3.8) is 0 Å². The van der Waals surface area contributed by atoms with Gasteiger partial charge in [-0.2, -0.15) is 4.31 Å². The number of carboxylic acids is 2. The Morgan fingerprint density at radius 2 is 1.58 bits per heavy atom. The minimum atomic E-state index is -3.88. The molecular formula is C18H20N4O8S. The highest BCUT2D eigenvalue weighted by Gasteiger charge is 2.33. The minimum absolute atomic E-state index is 0.252. The molecule has 0 unspecified atom stereocenters. The number of piperazine rings is 1. The van der Waals surface area contributed by atoms with Crippen LogP contribution in [-0.4, -0.2) is 75.9 Å². The number of rotatable bonds is 5. The number of aromatic nitrogens is 1. The second kappa shape index (κ2) is 10.6. The molecule has 12 nitrogen and oxygen atoms in total. The predicted octanol–water partition coefficient (Wildman–Crippen LogP) is 0.652. The number of aliphatic carboxylic acids is 2. The molecule has 0 spiro atoms. The lowest BCUT2D eigenvalue weighted by atomic mass is 10.3. The molecule has 1 saturated heterocycles. The summed E-state index contributed by atoms with van der Waals surface area (Å²) in [5.74, 6) is -3.65. The zero-order chi connectivity index (χ0) is 23.0. The second-order valence-electron chi connectivity index (χ2n) is 6.34. The molecule has 0 radical (unpaired) electrons. The van der Waals surface area contributed by atoms with Crippen molar-refractivity contribution < 1.29 is 33.1 Å². The molecule has 31 heavy (non-hydrogen) atoms. The number of nitro benzene ring substituents is 1. The van der Waals surface area contributed by atoms with E-state index in [1.807, 2.05) is 18.2 Å². The Morgan fingerprint density at radius 3 is 2.10 bits per heavy atom. The third kappa shape index (κ3) is 6.53. The van der Waals surface area contributed by atoms with Crippen molar-refractivity contribution in [2.24, 2.45) is 0 Å². The Balaban J connectivity index is 0.000000501. The number of pyridine rings is 1. The van der Waals surface area contributed by atoms with Gasteiger partial charge in [-0.1, -0.05) is 18.2 Å². The molecule has 2 aromatic rings. The van der Waals surface area contributed by atoms with Crippen LogP contribution in [0.1, 0.15) is 5.69 Å². The number of hydrogen-bond acceptors (Lipinski definition) is 8. The van der Waals surface area contributed by atoms with Gasteiger partial charge in [0.05, 0.1) is 10.6 Å². The van der Waals surface area contributed by atoms with E-state index in [1.165, 1.54) is 28.6 Å². The van der Waals surface area contributed by atoms with Crippen LogP contribution < -0.4 is 0 Å². The van der Waals surface area contributed by atoms with E-state index >= 15 is 0 Å². The summed E-state index contributed by atoms with van der Waals surface area (Å²) < 4.78 is 26.8. The fourth-order valence-electron chi connectivity index (χ4n) is 2.81. The van der Waals surface area contributed by atoms with E-state index in [4.69, 9.17) is 19.8 Å². The van der Waals surface area contributed by atoms with Gasteiger partial charge >= 0.3 is 11.9 Å². The SMILES string of the molecule is O=C(O)C(=O)O.O=[N+]([O-])c1ccccc1S(=O)(=O)N1CCN(Cc2ccccn2)CC1. The zero-order valence-electron chi connectivity index (χ0n) is 16.2. The monoisotopic (exact) mass is 452 g/mol. The van der Waals surface area contributed by atoms with Crippen molar-refractivity contribution in [2.75, 3.05) is 26.2 Å². The Morgan fingerprint density at radius 1 is 1.00 bits per heavy atom. The minimum Gasteiger partial charge on any atom is -0.473 e. The highest BCUT2D eigenvalue weighted by molar-refractivity contribution is 7.89. The van der Waals surface area contributed by atoms with E-state index < -0.39 is 32.6 Å². The third-order valence-corrected chi connectivity index (χ3v) is 6.25. The third-order valence-electron chi connectivity index (χ3n) is 4.31. The predicted molar refractivity (Wildman–Crippen MR) is 107 cm³/mol.